The van der Waals surface area contributed by atoms with Gasteiger partial charge in [-0.1, -0.05) is 103 Å². The molecule has 0 saturated carbocycles. The third-order valence-electron chi connectivity index (χ3n) is 6.69. The molecular formula is C31H28N2O2. The number of benzene rings is 4. The minimum absolute atomic E-state index is 0.577. The van der Waals surface area contributed by atoms with E-state index in [4.69, 9.17) is 9.72 Å². The summed E-state index contributed by atoms with van der Waals surface area (Å²) in [5.41, 5.74) is 4.90. The molecule has 0 amide bonds. The summed E-state index contributed by atoms with van der Waals surface area (Å²) in [4.78, 5) is 4.70. The number of aliphatic hydroxyl groups excluding tert-OH is 1. The van der Waals surface area contributed by atoms with Gasteiger partial charge in [0.15, 0.2) is 0 Å². The molecule has 35 heavy (non-hydrogen) atoms. The van der Waals surface area contributed by atoms with Gasteiger partial charge in [-0.2, -0.15) is 0 Å². The Balaban J connectivity index is 1.73. The summed E-state index contributed by atoms with van der Waals surface area (Å²) in [5, 5.41) is 11.4. The quantitative estimate of drug-likeness (QED) is 0.298. The highest BCUT2D eigenvalue weighted by molar-refractivity contribution is 5.51. The van der Waals surface area contributed by atoms with Crippen molar-refractivity contribution in [1.82, 2.24) is 9.55 Å². The topological polar surface area (TPSA) is 47.3 Å². The number of hydrogen-bond donors (Lipinski definition) is 1. The molecule has 4 aromatic carbocycles. The fraction of sp³-hybridized carbons (Fsp3) is 0.129. The number of ether oxygens (including phenoxy) is 1. The molecule has 174 valence electrons. The summed E-state index contributed by atoms with van der Waals surface area (Å²) in [6.07, 6.45) is 2.89. The van der Waals surface area contributed by atoms with E-state index in [1.807, 2.05) is 55.8 Å². The van der Waals surface area contributed by atoms with E-state index in [1.165, 1.54) is 0 Å². The zero-order valence-electron chi connectivity index (χ0n) is 19.9. The highest BCUT2D eigenvalue weighted by Gasteiger charge is 2.38. The second-order valence-electron chi connectivity index (χ2n) is 8.59. The monoisotopic (exact) mass is 460 g/mol. The second kappa shape index (κ2) is 9.61. The Morgan fingerprint density at radius 3 is 1.74 bits per heavy atom. The van der Waals surface area contributed by atoms with E-state index in [0.29, 0.717) is 5.69 Å². The van der Waals surface area contributed by atoms with Crippen LogP contribution in [0.3, 0.4) is 0 Å². The number of rotatable bonds is 7. The van der Waals surface area contributed by atoms with Crippen molar-refractivity contribution in [2.75, 3.05) is 7.11 Å². The van der Waals surface area contributed by atoms with E-state index in [-0.39, 0.29) is 0 Å². The maximum Gasteiger partial charge on any atom is 0.123 e. The molecule has 1 N–H and O–H groups in total. The Hall–Kier alpha value is -4.15. The zero-order valence-corrected chi connectivity index (χ0v) is 19.9. The predicted molar refractivity (Wildman–Crippen MR) is 139 cm³/mol. The minimum Gasteiger partial charge on any atom is -0.496 e. The summed E-state index contributed by atoms with van der Waals surface area (Å²) >= 11 is 0. The maximum atomic E-state index is 11.4. The molecule has 0 aliphatic heterocycles. The molecule has 1 unspecified atom stereocenters. The van der Waals surface area contributed by atoms with Gasteiger partial charge in [0.1, 0.15) is 17.4 Å². The van der Waals surface area contributed by atoms with E-state index in [0.717, 1.165) is 33.6 Å². The van der Waals surface area contributed by atoms with Crippen molar-refractivity contribution < 1.29 is 9.84 Å². The summed E-state index contributed by atoms with van der Waals surface area (Å²) in [6.45, 7) is 1.95. The van der Waals surface area contributed by atoms with Crippen LogP contribution in [-0.4, -0.2) is 21.8 Å². The van der Waals surface area contributed by atoms with Crippen LogP contribution in [-0.2, 0) is 5.54 Å². The van der Waals surface area contributed by atoms with Crippen molar-refractivity contribution in [2.45, 2.75) is 18.6 Å². The van der Waals surface area contributed by atoms with E-state index in [1.54, 1.807) is 7.11 Å². The lowest BCUT2D eigenvalue weighted by Gasteiger charge is -2.37. The molecule has 0 saturated heterocycles. The fourth-order valence-corrected chi connectivity index (χ4v) is 4.96. The van der Waals surface area contributed by atoms with Crippen LogP contribution in [0.25, 0.3) is 0 Å². The average Bonchev–Trinajstić information content (AvgIpc) is 3.41. The standard InChI is InChI=1S/C31H28N2O2/c1-23-27(19-12-20-29(23)35-2)30(34)28-21-33(22-32-28)31(24-13-6-3-7-14-24,25-15-8-4-9-16-25)26-17-10-5-11-18-26/h3-22,30,34H,1-2H3. The van der Waals surface area contributed by atoms with Gasteiger partial charge in [-0.05, 0) is 40.8 Å². The first-order valence-corrected chi connectivity index (χ1v) is 11.7. The zero-order chi connectivity index (χ0) is 24.3. The Morgan fingerprint density at radius 1 is 0.743 bits per heavy atom. The van der Waals surface area contributed by atoms with Crippen LogP contribution in [0.1, 0.15) is 39.6 Å². The van der Waals surface area contributed by atoms with Gasteiger partial charge in [-0.15, -0.1) is 0 Å². The molecule has 1 heterocycles. The fourth-order valence-electron chi connectivity index (χ4n) is 4.96. The van der Waals surface area contributed by atoms with E-state index in [2.05, 4.69) is 77.4 Å². The average molecular weight is 461 g/mol. The summed E-state index contributed by atoms with van der Waals surface area (Å²) in [5.74, 6) is 0.744. The van der Waals surface area contributed by atoms with Crippen LogP contribution in [0.2, 0.25) is 0 Å². The first-order chi connectivity index (χ1) is 17.2. The highest BCUT2D eigenvalue weighted by atomic mass is 16.5. The van der Waals surface area contributed by atoms with Crippen molar-refractivity contribution in [1.29, 1.82) is 0 Å². The first-order valence-electron chi connectivity index (χ1n) is 11.7. The lowest BCUT2D eigenvalue weighted by Crippen LogP contribution is -2.37. The van der Waals surface area contributed by atoms with E-state index in [9.17, 15) is 5.11 Å². The third kappa shape index (κ3) is 3.92. The van der Waals surface area contributed by atoms with Gasteiger partial charge >= 0.3 is 0 Å². The van der Waals surface area contributed by atoms with Gasteiger partial charge in [-0.3, -0.25) is 0 Å². The number of nitrogens with zero attached hydrogens (tertiary/aromatic N) is 2. The molecule has 1 atom stereocenters. The van der Waals surface area contributed by atoms with Crippen molar-refractivity contribution >= 4 is 0 Å². The number of imidazole rings is 1. The van der Waals surface area contributed by atoms with Gasteiger partial charge in [0.2, 0.25) is 0 Å². The molecule has 0 spiro atoms. The molecule has 1 aromatic heterocycles. The SMILES string of the molecule is COc1cccc(C(O)c2cn(C(c3ccccc3)(c3ccccc3)c3ccccc3)cn2)c1C. The summed E-state index contributed by atoms with van der Waals surface area (Å²) in [7, 11) is 1.64. The normalized spacial score (nSPS) is 12.3. The van der Waals surface area contributed by atoms with Crippen LogP contribution in [0, 0.1) is 6.92 Å². The van der Waals surface area contributed by atoms with Crippen LogP contribution in [0.4, 0.5) is 0 Å². The van der Waals surface area contributed by atoms with Crippen molar-refractivity contribution in [3.63, 3.8) is 0 Å². The van der Waals surface area contributed by atoms with Gasteiger partial charge < -0.3 is 14.4 Å². The molecule has 0 radical (unpaired) electrons. The molecule has 0 aliphatic carbocycles. The van der Waals surface area contributed by atoms with Crippen molar-refractivity contribution in [3.05, 3.63) is 155 Å². The third-order valence-corrected chi connectivity index (χ3v) is 6.69. The Bertz CT molecular complexity index is 1300. The summed E-state index contributed by atoms with van der Waals surface area (Å²) in [6, 6.07) is 37.0. The second-order valence-corrected chi connectivity index (χ2v) is 8.59. The number of aliphatic hydroxyl groups is 1. The smallest absolute Gasteiger partial charge is 0.123 e. The molecule has 0 aliphatic rings. The largest absolute Gasteiger partial charge is 0.496 e. The maximum absolute atomic E-state index is 11.4. The van der Waals surface area contributed by atoms with Crippen LogP contribution in [0.5, 0.6) is 5.75 Å². The molecular weight excluding hydrogens is 432 g/mol. The lowest BCUT2D eigenvalue weighted by molar-refractivity contribution is 0.214. The lowest BCUT2D eigenvalue weighted by atomic mass is 9.77. The van der Waals surface area contributed by atoms with Crippen molar-refractivity contribution in [2.24, 2.45) is 0 Å². The van der Waals surface area contributed by atoms with Crippen LogP contribution < -0.4 is 4.74 Å². The number of aromatic nitrogens is 2. The van der Waals surface area contributed by atoms with E-state index < -0.39 is 11.6 Å². The molecule has 0 fully saturated rings. The van der Waals surface area contributed by atoms with Crippen LogP contribution in [0.15, 0.2) is 122 Å². The predicted octanol–water partition coefficient (Wildman–Crippen LogP) is 6.12. The van der Waals surface area contributed by atoms with Crippen molar-refractivity contribution in [3.8, 4) is 5.75 Å². The number of hydrogen-bond acceptors (Lipinski definition) is 3. The highest BCUT2D eigenvalue weighted by Crippen LogP contribution is 2.41. The van der Waals surface area contributed by atoms with Gasteiger partial charge in [0, 0.05) is 6.20 Å². The molecule has 4 heteroatoms. The minimum atomic E-state index is -0.883. The molecule has 5 rings (SSSR count). The van der Waals surface area contributed by atoms with Crippen LogP contribution >= 0.6 is 0 Å². The Labute approximate surface area is 206 Å². The van der Waals surface area contributed by atoms with E-state index >= 15 is 0 Å². The van der Waals surface area contributed by atoms with Gasteiger partial charge in [0.05, 0.1) is 19.1 Å². The molecule has 0 bridgehead atoms. The first kappa shape index (κ1) is 22.6. The molecule has 5 aromatic rings. The number of methoxy groups -OCH3 is 1. The molecule has 4 nitrogen and oxygen atoms in total. The Kier molecular flexibility index (Phi) is 6.21. The van der Waals surface area contributed by atoms with Gasteiger partial charge in [-0.25, -0.2) is 4.98 Å². The van der Waals surface area contributed by atoms with Gasteiger partial charge in [0.25, 0.3) is 0 Å². The Morgan fingerprint density at radius 2 is 1.26 bits per heavy atom. The summed E-state index contributed by atoms with van der Waals surface area (Å²) < 4.78 is 7.58.